The van der Waals surface area contributed by atoms with Gasteiger partial charge in [-0.1, -0.05) is 74.1 Å². The predicted molar refractivity (Wildman–Crippen MR) is 168 cm³/mol. The van der Waals surface area contributed by atoms with Gasteiger partial charge in [0.25, 0.3) is 0 Å². The maximum atomic E-state index is 13.1. The molecule has 1 amide bonds. The van der Waals surface area contributed by atoms with E-state index in [0.29, 0.717) is 44.8 Å². The van der Waals surface area contributed by atoms with E-state index < -0.39 is 15.2 Å². The van der Waals surface area contributed by atoms with Crippen molar-refractivity contribution in [3.63, 3.8) is 0 Å². The normalized spacial score (nSPS) is 15.1. The molecule has 0 atom stereocenters. The first kappa shape index (κ1) is 29.2. The lowest BCUT2D eigenvalue weighted by Crippen LogP contribution is -2.48. The van der Waals surface area contributed by atoms with E-state index in [1.807, 2.05) is 26.0 Å². The molecule has 0 spiro atoms. The average Bonchev–Trinajstić information content (AvgIpc) is 3.26. The topological polar surface area (TPSA) is 73.2 Å². The smallest absolute Gasteiger partial charge is 0.448 e. The molecule has 0 bridgehead atoms. The average molecular weight is 567 g/mol. The Morgan fingerprint density at radius 1 is 0.951 bits per heavy atom. The zero-order valence-electron chi connectivity index (χ0n) is 24.7. The van der Waals surface area contributed by atoms with Crippen molar-refractivity contribution in [2.45, 2.75) is 46.0 Å². The minimum atomic E-state index is -1.60. The zero-order chi connectivity index (χ0) is 29.3. The van der Waals surface area contributed by atoms with Crippen LogP contribution in [0.4, 0.5) is 4.79 Å². The van der Waals surface area contributed by atoms with E-state index in [2.05, 4.69) is 78.5 Å². The molecule has 1 aliphatic heterocycles. The van der Waals surface area contributed by atoms with Gasteiger partial charge in [0.1, 0.15) is 14.7 Å². The Kier molecular flexibility index (Phi) is 8.44. The van der Waals surface area contributed by atoms with Gasteiger partial charge < -0.3 is 19.7 Å². The Labute approximate surface area is 245 Å². The fourth-order valence-electron chi connectivity index (χ4n) is 5.94. The molecule has 6 nitrogen and oxygen atoms in total. The Balaban J connectivity index is 1.23. The highest BCUT2D eigenvalue weighted by molar-refractivity contribution is 6.83. The monoisotopic (exact) mass is 566 g/mol. The lowest BCUT2D eigenvalue weighted by atomic mass is 9.72. The van der Waals surface area contributed by atoms with Crippen LogP contribution in [0.1, 0.15) is 39.3 Å². The van der Waals surface area contributed by atoms with Crippen molar-refractivity contribution in [1.82, 2.24) is 9.80 Å². The van der Waals surface area contributed by atoms with Crippen LogP contribution in [-0.2, 0) is 11.3 Å². The molecular weight excluding hydrogens is 527 g/mol. The summed E-state index contributed by atoms with van der Waals surface area (Å²) in [6.45, 7) is 14.0. The van der Waals surface area contributed by atoms with E-state index in [-0.39, 0.29) is 12.0 Å². The highest BCUT2D eigenvalue weighted by atomic mass is 28.3. The fourth-order valence-corrected chi connectivity index (χ4v) is 6.45. The molecule has 0 unspecified atom stereocenters. The molecule has 0 radical (unpaired) electrons. The molecule has 8 heteroatoms. The Morgan fingerprint density at radius 3 is 2.10 bits per heavy atom. The summed E-state index contributed by atoms with van der Waals surface area (Å²) in [5.41, 5.74) is 12.4. The Bertz CT molecular complexity index is 1470. The standard InChI is InChI=1S/C33H39BN2O4Si/c1-23-25(14-19-41(3,4)5)20-26(24(2)32(23)34(38)39)21-35-15-17-36(18-16-35)33(37)40-22-31-29-12-8-6-10-27(29)28-11-7-9-13-30(28)31/h6-13,20,31,38-39H,15-18,21-22H2,1-5H3. The third-order valence-corrected chi connectivity index (χ3v) is 9.08. The molecule has 1 fully saturated rings. The molecule has 2 aliphatic rings. The van der Waals surface area contributed by atoms with Gasteiger partial charge in [0, 0.05) is 44.2 Å². The molecule has 1 saturated heterocycles. The van der Waals surface area contributed by atoms with Gasteiger partial charge >= 0.3 is 13.2 Å². The van der Waals surface area contributed by atoms with Crippen LogP contribution < -0.4 is 5.46 Å². The first-order chi connectivity index (χ1) is 19.5. The van der Waals surface area contributed by atoms with Crippen molar-refractivity contribution in [3.8, 4) is 22.6 Å². The second-order valence-corrected chi connectivity index (χ2v) is 16.9. The number of ether oxygens (including phenoxy) is 1. The number of rotatable bonds is 5. The predicted octanol–water partition coefficient (Wildman–Crippen LogP) is 4.28. The summed E-state index contributed by atoms with van der Waals surface area (Å²) in [7, 11) is -3.14. The lowest BCUT2D eigenvalue weighted by Gasteiger charge is -2.34. The number of carbonyl (C=O) groups excluding carboxylic acids is 1. The summed E-state index contributed by atoms with van der Waals surface area (Å²) in [4.78, 5) is 17.2. The number of piperazine rings is 1. The molecular formula is C33H39BN2O4Si. The lowest BCUT2D eigenvalue weighted by molar-refractivity contribution is 0.0728. The molecule has 1 aliphatic carbocycles. The molecule has 3 aromatic rings. The summed E-state index contributed by atoms with van der Waals surface area (Å²) >= 11 is 0. The number of amides is 1. The van der Waals surface area contributed by atoms with Crippen LogP contribution >= 0.6 is 0 Å². The van der Waals surface area contributed by atoms with Crippen LogP contribution in [-0.4, -0.2) is 73.9 Å². The van der Waals surface area contributed by atoms with Gasteiger partial charge in [-0.15, -0.1) is 5.54 Å². The van der Waals surface area contributed by atoms with Crippen LogP contribution in [0.15, 0.2) is 54.6 Å². The van der Waals surface area contributed by atoms with E-state index >= 15 is 0 Å². The van der Waals surface area contributed by atoms with Crippen LogP contribution in [0.2, 0.25) is 19.6 Å². The van der Waals surface area contributed by atoms with Crippen LogP contribution in [0, 0.1) is 25.3 Å². The van der Waals surface area contributed by atoms with E-state index in [1.54, 1.807) is 4.90 Å². The van der Waals surface area contributed by atoms with Gasteiger partial charge in [0.15, 0.2) is 0 Å². The maximum absolute atomic E-state index is 13.1. The molecule has 3 aromatic carbocycles. The van der Waals surface area contributed by atoms with Crippen LogP contribution in [0.25, 0.3) is 11.1 Å². The van der Waals surface area contributed by atoms with Gasteiger partial charge in [-0.3, -0.25) is 4.90 Å². The number of fused-ring (bicyclic) bond motifs is 3. The fraction of sp³-hybridized carbons (Fsp3) is 0.364. The largest absolute Gasteiger partial charge is 0.489 e. The molecule has 0 aromatic heterocycles. The van der Waals surface area contributed by atoms with Gasteiger partial charge in [-0.05, 0) is 64.3 Å². The summed E-state index contributed by atoms with van der Waals surface area (Å²) in [5.74, 6) is 3.37. The highest BCUT2D eigenvalue weighted by Crippen LogP contribution is 2.44. The van der Waals surface area contributed by atoms with Crippen molar-refractivity contribution >= 4 is 26.7 Å². The van der Waals surface area contributed by atoms with Gasteiger partial charge in [0.2, 0.25) is 0 Å². The first-order valence-corrected chi connectivity index (χ1v) is 17.9. The molecule has 41 heavy (non-hydrogen) atoms. The minimum Gasteiger partial charge on any atom is -0.448 e. The van der Waals surface area contributed by atoms with E-state index in [1.165, 1.54) is 22.3 Å². The minimum absolute atomic E-state index is 0.0477. The third kappa shape index (κ3) is 6.29. The Hall–Kier alpha value is -3.35. The number of hydrogen-bond donors (Lipinski definition) is 2. The van der Waals surface area contributed by atoms with E-state index in [4.69, 9.17) is 4.74 Å². The Morgan fingerprint density at radius 2 is 1.54 bits per heavy atom. The molecule has 1 heterocycles. The maximum Gasteiger partial charge on any atom is 0.489 e. The second kappa shape index (κ2) is 11.9. The summed E-state index contributed by atoms with van der Waals surface area (Å²) in [6.07, 6.45) is -0.271. The molecule has 5 rings (SSSR count). The van der Waals surface area contributed by atoms with E-state index in [0.717, 1.165) is 22.3 Å². The van der Waals surface area contributed by atoms with E-state index in [9.17, 15) is 14.8 Å². The third-order valence-electron chi connectivity index (χ3n) is 8.20. The summed E-state index contributed by atoms with van der Waals surface area (Å²) < 4.78 is 5.88. The number of nitrogens with zero attached hydrogens (tertiary/aromatic N) is 2. The zero-order valence-corrected chi connectivity index (χ0v) is 25.7. The van der Waals surface area contributed by atoms with Crippen molar-refractivity contribution < 1.29 is 19.6 Å². The highest BCUT2D eigenvalue weighted by Gasteiger charge is 2.31. The van der Waals surface area contributed by atoms with Crippen LogP contribution in [0.5, 0.6) is 0 Å². The van der Waals surface area contributed by atoms with Gasteiger partial charge in [-0.25, -0.2) is 4.79 Å². The van der Waals surface area contributed by atoms with Crippen molar-refractivity contribution in [2.24, 2.45) is 0 Å². The number of hydrogen-bond acceptors (Lipinski definition) is 5. The quantitative estimate of drug-likeness (QED) is 0.357. The van der Waals surface area contributed by atoms with Crippen molar-refractivity contribution in [2.75, 3.05) is 32.8 Å². The first-order valence-electron chi connectivity index (χ1n) is 14.4. The van der Waals surface area contributed by atoms with Gasteiger partial charge in [0.05, 0.1) is 0 Å². The molecule has 212 valence electrons. The summed E-state index contributed by atoms with van der Waals surface area (Å²) in [6, 6.07) is 18.8. The molecule has 0 saturated carbocycles. The number of carbonyl (C=O) groups is 1. The van der Waals surface area contributed by atoms with Crippen LogP contribution in [0.3, 0.4) is 0 Å². The van der Waals surface area contributed by atoms with Gasteiger partial charge in [-0.2, -0.15) is 0 Å². The molecule has 2 N–H and O–H groups in total. The second-order valence-electron chi connectivity index (χ2n) is 12.2. The van der Waals surface area contributed by atoms with Crippen molar-refractivity contribution in [3.05, 3.63) is 88.0 Å². The summed E-state index contributed by atoms with van der Waals surface area (Å²) in [5, 5.41) is 20.3. The van der Waals surface area contributed by atoms with Crippen molar-refractivity contribution in [1.29, 1.82) is 0 Å². The SMILES string of the molecule is Cc1c(C#C[Si](C)(C)C)cc(CN2CCN(C(=O)OCC3c4ccccc4-c4ccccc43)CC2)c(C)c1B(O)O. The number of benzene rings is 3.